The quantitative estimate of drug-likeness (QED) is 0.749. The Morgan fingerprint density at radius 3 is 2.56 bits per heavy atom. The van der Waals surface area contributed by atoms with Gasteiger partial charge < -0.3 is 14.4 Å². The van der Waals surface area contributed by atoms with Crippen molar-refractivity contribution >= 4 is 43.2 Å². The van der Waals surface area contributed by atoms with Crippen LogP contribution in [0.4, 0.5) is 11.4 Å². The first-order chi connectivity index (χ1) is 12.8. The standard InChI is InChI=1S/C18H19BrN2O5S/c1-11(22)21-7-6-12-8-14(19)18(10-16(12)21)27(23,24)20-15-5-4-13(25-2)9-17(15)26-3/h4-5,8-10,20H,6-7H2,1-3H3. The van der Waals surface area contributed by atoms with E-state index in [0.717, 1.165) is 5.56 Å². The number of amides is 1. The second kappa shape index (κ2) is 7.40. The Hall–Kier alpha value is -2.26. The molecule has 3 rings (SSSR count). The van der Waals surface area contributed by atoms with Gasteiger partial charge in [0.05, 0.1) is 19.9 Å². The fourth-order valence-corrected chi connectivity index (χ4v) is 5.18. The van der Waals surface area contributed by atoms with E-state index in [1.54, 1.807) is 29.2 Å². The highest BCUT2D eigenvalue weighted by Gasteiger charge is 2.28. The van der Waals surface area contributed by atoms with E-state index in [9.17, 15) is 13.2 Å². The molecule has 0 fully saturated rings. The number of rotatable bonds is 5. The number of ether oxygens (including phenoxy) is 2. The summed E-state index contributed by atoms with van der Waals surface area (Å²) in [4.78, 5) is 13.4. The number of hydrogen-bond acceptors (Lipinski definition) is 5. The fraction of sp³-hybridized carbons (Fsp3) is 0.278. The molecule has 0 unspecified atom stereocenters. The summed E-state index contributed by atoms with van der Waals surface area (Å²) in [6.07, 6.45) is 0.688. The third kappa shape index (κ3) is 3.74. The van der Waals surface area contributed by atoms with Gasteiger partial charge in [0, 0.05) is 29.7 Å². The number of carbonyl (C=O) groups excluding carboxylic acids is 1. The van der Waals surface area contributed by atoms with Gasteiger partial charge in [-0.05, 0) is 52.2 Å². The molecular formula is C18H19BrN2O5S. The Morgan fingerprint density at radius 1 is 1.19 bits per heavy atom. The lowest BCUT2D eigenvalue weighted by atomic mass is 10.2. The highest BCUT2D eigenvalue weighted by atomic mass is 79.9. The molecular weight excluding hydrogens is 436 g/mol. The largest absolute Gasteiger partial charge is 0.497 e. The molecule has 27 heavy (non-hydrogen) atoms. The second-order valence-electron chi connectivity index (χ2n) is 6.00. The molecule has 1 aliphatic rings. The van der Waals surface area contributed by atoms with Crippen LogP contribution in [0.3, 0.4) is 0 Å². The second-order valence-corrected chi connectivity index (χ2v) is 8.51. The number of methoxy groups -OCH3 is 2. The van der Waals surface area contributed by atoms with Crippen molar-refractivity contribution in [2.24, 2.45) is 0 Å². The topological polar surface area (TPSA) is 84.9 Å². The average molecular weight is 455 g/mol. The van der Waals surface area contributed by atoms with E-state index in [-0.39, 0.29) is 16.5 Å². The number of nitrogens with zero attached hydrogens (tertiary/aromatic N) is 1. The summed E-state index contributed by atoms with van der Waals surface area (Å²) in [6.45, 7) is 2.01. The zero-order chi connectivity index (χ0) is 19.8. The van der Waals surface area contributed by atoms with Crippen LogP contribution in [0.5, 0.6) is 11.5 Å². The van der Waals surface area contributed by atoms with Gasteiger partial charge in [0.25, 0.3) is 10.0 Å². The van der Waals surface area contributed by atoms with E-state index in [2.05, 4.69) is 20.7 Å². The summed E-state index contributed by atoms with van der Waals surface area (Å²) < 4.78 is 39.3. The number of carbonyl (C=O) groups is 1. The molecule has 0 atom stereocenters. The first kappa shape index (κ1) is 19.5. The molecule has 0 aromatic heterocycles. The average Bonchev–Trinajstić information content (AvgIpc) is 3.04. The summed E-state index contributed by atoms with van der Waals surface area (Å²) in [5.41, 5.74) is 1.83. The minimum atomic E-state index is -3.92. The lowest BCUT2D eigenvalue weighted by molar-refractivity contribution is -0.116. The Balaban J connectivity index is 2.01. The number of halogens is 1. The molecule has 0 radical (unpaired) electrons. The van der Waals surface area contributed by atoms with Crippen molar-refractivity contribution in [1.82, 2.24) is 0 Å². The summed E-state index contributed by atoms with van der Waals surface area (Å²) in [6, 6.07) is 8.06. The lowest BCUT2D eigenvalue weighted by Gasteiger charge is -2.18. The normalized spacial score (nSPS) is 13.3. The van der Waals surface area contributed by atoms with E-state index in [1.165, 1.54) is 27.2 Å². The highest BCUT2D eigenvalue weighted by Crippen LogP contribution is 2.37. The van der Waals surface area contributed by atoms with Crippen LogP contribution in [0.2, 0.25) is 0 Å². The molecule has 0 spiro atoms. The Kier molecular flexibility index (Phi) is 5.34. The molecule has 1 amide bonds. The fourth-order valence-electron chi connectivity index (χ4n) is 3.00. The summed E-state index contributed by atoms with van der Waals surface area (Å²) in [5, 5.41) is 0. The van der Waals surface area contributed by atoms with Gasteiger partial charge in [-0.2, -0.15) is 0 Å². The van der Waals surface area contributed by atoms with E-state index < -0.39 is 10.0 Å². The van der Waals surface area contributed by atoms with Crippen LogP contribution in [0.15, 0.2) is 39.7 Å². The van der Waals surface area contributed by atoms with Crippen LogP contribution in [0.25, 0.3) is 0 Å². The van der Waals surface area contributed by atoms with Gasteiger partial charge in [-0.3, -0.25) is 9.52 Å². The lowest BCUT2D eigenvalue weighted by Crippen LogP contribution is -2.26. The number of benzene rings is 2. The first-order valence-electron chi connectivity index (χ1n) is 8.12. The molecule has 0 saturated carbocycles. The van der Waals surface area contributed by atoms with Gasteiger partial charge in [-0.15, -0.1) is 0 Å². The molecule has 9 heteroatoms. The van der Waals surface area contributed by atoms with Crippen molar-refractivity contribution in [1.29, 1.82) is 0 Å². The summed E-state index contributed by atoms with van der Waals surface area (Å²) in [7, 11) is -0.961. The van der Waals surface area contributed by atoms with Crippen LogP contribution in [0.1, 0.15) is 12.5 Å². The van der Waals surface area contributed by atoms with Gasteiger partial charge in [0.1, 0.15) is 16.4 Å². The summed E-state index contributed by atoms with van der Waals surface area (Å²) >= 11 is 3.34. The molecule has 1 N–H and O–H groups in total. The van der Waals surface area contributed by atoms with Gasteiger partial charge in [-0.1, -0.05) is 0 Å². The molecule has 1 heterocycles. The monoisotopic (exact) mass is 454 g/mol. The van der Waals surface area contributed by atoms with E-state index >= 15 is 0 Å². The molecule has 7 nitrogen and oxygen atoms in total. The van der Waals surface area contributed by atoms with Crippen molar-refractivity contribution in [3.63, 3.8) is 0 Å². The molecule has 144 valence electrons. The molecule has 0 aliphatic carbocycles. The molecule has 2 aromatic rings. The molecule has 0 saturated heterocycles. The molecule has 1 aliphatic heterocycles. The van der Waals surface area contributed by atoms with Crippen molar-refractivity contribution in [3.8, 4) is 11.5 Å². The molecule has 2 aromatic carbocycles. The van der Waals surface area contributed by atoms with Crippen LogP contribution >= 0.6 is 15.9 Å². The van der Waals surface area contributed by atoms with Crippen LogP contribution in [-0.2, 0) is 21.2 Å². The number of nitrogens with one attached hydrogen (secondary N) is 1. The van der Waals surface area contributed by atoms with Crippen molar-refractivity contribution < 1.29 is 22.7 Å². The smallest absolute Gasteiger partial charge is 0.263 e. The van der Waals surface area contributed by atoms with Crippen molar-refractivity contribution in [2.75, 3.05) is 30.4 Å². The van der Waals surface area contributed by atoms with Gasteiger partial charge in [0.15, 0.2) is 0 Å². The first-order valence-corrected chi connectivity index (χ1v) is 10.4. The van der Waals surface area contributed by atoms with Crippen LogP contribution < -0.4 is 19.1 Å². The minimum absolute atomic E-state index is 0.0484. The maximum absolute atomic E-state index is 13.0. The third-order valence-corrected chi connectivity index (χ3v) is 6.68. The van der Waals surface area contributed by atoms with Crippen LogP contribution in [0, 0.1) is 0 Å². The van der Waals surface area contributed by atoms with Gasteiger partial charge in [-0.25, -0.2) is 8.42 Å². The third-order valence-electron chi connectivity index (χ3n) is 4.35. The summed E-state index contributed by atoms with van der Waals surface area (Å²) in [5.74, 6) is 0.760. The van der Waals surface area contributed by atoms with E-state index in [4.69, 9.17) is 9.47 Å². The zero-order valence-electron chi connectivity index (χ0n) is 15.1. The van der Waals surface area contributed by atoms with Gasteiger partial charge in [0.2, 0.25) is 5.91 Å². The maximum atomic E-state index is 13.0. The minimum Gasteiger partial charge on any atom is -0.497 e. The number of anilines is 2. The Bertz CT molecular complexity index is 1010. The van der Waals surface area contributed by atoms with Crippen molar-refractivity contribution in [2.45, 2.75) is 18.2 Å². The number of hydrogen-bond donors (Lipinski definition) is 1. The van der Waals surface area contributed by atoms with Crippen molar-refractivity contribution in [3.05, 3.63) is 40.4 Å². The predicted molar refractivity (Wildman–Crippen MR) is 106 cm³/mol. The van der Waals surface area contributed by atoms with Crippen LogP contribution in [-0.4, -0.2) is 35.1 Å². The number of fused-ring (bicyclic) bond motifs is 1. The van der Waals surface area contributed by atoms with E-state index in [1.807, 2.05) is 0 Å². The Labute approximate surface area is 166 Å². The highest BCUT2D eigenvalue weighted by molar-refractivity contribution is 9.10. The predicted octanol–water partition coefficient (Wildman–Crippen LogP) is 3.18. The zero-order valence-corrected chi connectivity index (χ0v) is 17.5. The maximum Gasteiger partial charge on any atom is 0.263 e. The Morgan fingerprint density at radius 2 is 1.93 bits per heavy atom. The SMILES string of the molecule is COc1ccc(NS(=O)(=O)c2cc3c(cc2Br)CCN3C(C)=O)c(OC)c1. The van der Waals surface area contributed by atoms with Gasteiger partial charge >= 0.3 is 0 Å². The number of sulfonamides is 1. The molecule has 0 bridgehead atoms. The van der Waals surface area contributed by atoms with E-state index in [0.29, 0.717) is 34.6 Å².